The third kappa shape index (κ3) is 3.78. The molecule has 0 aliphatic carbocycles. The monoisotopic (exact) mass is 288 g/mol. The average Bonchev–Trinajstić information content (AvgIpc) is 2.42. The number of thiocarbonyl (C=S) groups is 1. The maximum absolute atomic E-state index is 13.7. The molecule has 0 bridgehead atoms. The van der Waals surface area contributed by atoms with Crippen LogP contribution in [0.1, 0.15) is 18.1 Å². The van der Waals surface area contributed by atoms with Gasteiger partial charge in [0.25, 0.3) is 0 Å². The van der Waals surface area contributed by atoms with Crippen molar-refractivity contribution in [1.82, 2.24) is 0 Å². The maximum Gasteiger partial charge on any atom is 0.175 e. The summed E-state index contributed by atoms with van der Waals surface area (Å²) in [4.78, 5) is 0. The molecule has 0 radical (unpaired) electrons. The first-order valence-electron chi connectivity index (χ1n) is 6.51. The first kappa shape index (κ1) is 14.5. The molecule has 0 aliphatic heterocycles. The van der Waals surface area contributed by atoms with Gasteiger partial charge in [0.1, 0.15) is 5.82 Å². The van der Waals surface area contributed by atoms with Crippen LogP contribution in [0.2, 0.25) is 0 Å². The highest BCUT2D eigenvalue weighted by atomic mass is 32.1. The van der Waals surface area contributed by atoms with Crippen molar-refractivity contribution in [3.05, 3.63) is 59.4 Å². The molecule has 0 saturated carbocycles. The SMILES string of the molecule is CCc1cccc(NC(=S)Nc2ccc(C)cc2F)c1. The highest BCUT2D eigenvalue weighted by Gasteiger charge is 2.04. The Balaban J connectivity index is 2.05. The molecule has 0 amide bonds. The Hall–Kier alpha value is -1.94. The molecule has 0 heterocycles. The molecular weight excluding hydrogens is 271 g/mol. The third-order valence-electron chi connectivity index (χ3n) is 2.97. The van der Waals surface area contributed by atoms with Crippen LogP contribution in [0.25, 0.3) is 0 Å². The number of hydrogen-bond acceptors (Lipinski definition) is 1. The summed E-state index contributed by atoms with van der Waals surface area (Å²) in [5, 5.41) is 6.31. The van der Waals surface area contributed by atoms with Crippen molar-refractivity contribution < 1.29 is 4.39 Å². The first-order valence-corrected chi connectivity index (χ1v) is 6.92. The van der Waals surface area contributed by atoms with E-state index in [1.165, 1.54) is 11.6 Å². The van der Waals surface area contributed by atoms with E-state index >= 15 is 0 Å². The first-order chi connectivity index (χ1) is 9.58. The lowest BCUT2D eigenvalue weighted by Gasteiger charge is -2.12. The average molecular weight is 288 g/mol. The van der Waals surface area contributed by atoms with Crippen LogP contribution >= 0.6 is 12.2 Å². The topological polar surface area (TPSA) is 24.1 Å². The fourth-order valence-electron chi connectivity index (χ4n) is 1.88. The molecule has 2 aromatic rings. The van der Waals surface area contributed by atoms with Gasteiger partial charge in [0.05, 0.1) is 5.69 Å². The summed E-state index contributed by atoms with van der Waals surface area (Å²) in [6.45, 7) is 3.94. The number of hydrogen-bond donors (Lipinski definition) is 2. The third-order valence-corrected chi connectivity index (χ3v) is 3.17. The predicted octanol–water partition coefficient (Wildman–Crippen LogP) is 4.51. The summed E-state index contributed by atoms with van der Waals surface area (Å²) >= 11 is 5.20. The maximum atomic E-state index is 13.7. The lowest BCUT2D eigenvalue weighted by Crippen LogP contribution is -2.19. The van der Waals surface area contributed by atoms with Gasteiger partial charge in [0.15, 0.2) is 5.11 Å². The summed E-state index contributed by atoms with van der Waals surface area (Å²) in [6.07, 6.45) is 0.961. The van der Waals surface area contributed by atoms with Crippen molar-refractivity contribution in [2.24, 2.45) is 0 Å². The van der Waals surface area contributed by atoms with Crippen molar-refractivity contribution in [2.45, 2.75) is 20.3 Å². The minimum absolute atomic E-state index is 0.309. The fourth-order valence-corrected chi connectivity index (χ4v) is 2.10. The van der Waals surface area contributed by atoms with Gasteiger partial charge in [-0.2, -0.15) is 0 Å². The molecule has 2 aromatic carbocycles. The summed E-state index contributed by atoms with van der Waals surface area (Å²) in [7, 11) is 0. The standard InChI is InChI=1S/C16H17FN2S/c1-3-12-5-4-6-13(10-12)18-16(20)19-15-8-7-11(2)9-14(15)17/h4-10H,3H2,1-2H3,(H2,18,19,20). The molecule has 0 saturated heterocycles. The lowest BCUT2D eigenvalue weighted by atomic mass is 10.1. The molecule has 0 aromatic heterocycles. The smallest absolute Gasteiger partial charge is 0.175 e. The van der Waals surface area contributed by atoms with Gasteiger partial charge in [-0.25, -0.2) is 4.39 Å². The molecule has 0 spiro atoms. The zero-order valence-electron chi connectivity index (χ0n) is 11.5. The van der Waals surface area contributed by atoms with Crippen LogP contribution in [0.4, 0.5) is 15.8 Å². The highest BCUT2D eigenvalue weighted by molar-refractivity contribution is 7.80. The van der Waals surface area contributed by atoms with Gasteiger partial charge in [0, 0.05) is 5.69 Å². The molecule has 104 valence electrons. The number of aryl methyl sites for hydroxylation is 2. The van der Waals surface area contributed by atoms with E-state index < -0.39 is 0 Å². The van der Waals surface area contributed by atoms with E-state index in [4.69, 9.17) is 12.2 Å². The van der Waals surface area contributed by atoms with Crippen LogP contribution < -0.4 is 10.6 Å². The predicted molar refractivity (Wildman–Crippen MR) is 86.8 cm³/mol. The van der Waals surface area contributed by atoms with Gasteiger partial charge in [-0.15, -0.1) is 0 Å². The molecule has 2 rings (SSSR count). The van der Waals surface area contributed by atoms with Crippen molar-refractivity contribution in [1.29, 1.82) is 0 Å². The van der Waals surface area contributed by atoms with Gasteiger partial charge in [0.2, 0.25) is 0 Å². The Bertz CT molecular complexity index is 626. The van der Waals surface area contributed by atoms with Crippen LogP contribution in [0.5, 0.6) is 0 Å². The van der Waals surface area contributed by atoms with Gasteiger partial charge in [-0.05, 0) is 61.0 Å². The van der Waals surface area contributed by atoms with Crippen molar-refractivity contribution >= 4 is 28.7 Å². The van der Waals surface area contributed by atoms with E-state index in [2.05, 4.69) is 23.6 Å². The van der Waals surface area contributed by atoms with Gasteiger partial charge < -0.3 is 10.6 Å². The molecule has 0 unspecified atom stereocenters. The van der Waals surface area contributed by atoms with Crippen LogP contribution in [0.15, 0.2) is 42.5 Å². The zero-order chi connectivity index (χ0) is 14.5. The largest absolute Gasteiger partial charge is 0.332 e. The fraction of sp³-hybridized carbons (Fsp3) is 0.188. The summed E-state index contributed by atoms with van der Waals surface area (Å²) in [6, 6.07) is 13.0. The Kier molecular flexibility index (Phi) is 4.69. The summed E-state index contributed by atoms with van der Waals surface area (Å²) in [5.41, 5.74) is 3.37. The second-order valence-electron chi connectivity index (χ2n) is 4.62. The Morgan fingerprint density at radius 1 is 1.15 bits per heavy atom. The Labute approximate surface area is 124 Å². The van der Waals surface area contributed by atoms with Crippen molar-refractivity contribution in [3.63, 3.8) is 0 Å². The van der Waals surface area contributed by atoms with Gasteiger partial charge in [-0.1, -0.05) is 25.1 Å². The van der Waals surface area contributed by atoms with Gasteiger partial charge >= 0.3 is 0 Å². The van der Waals surface area contributed by atoms with Crippen molar-refractivity contribution in [2.75, 3.05) is 10.6 Å². The summed E-state index contributed by atoms with van der Waals surface area (Å²) in [5.74, 6) is -0.309. The van der Waals surface area contributed by atoms with Crippen LogP contribution in [0.3, 0.4) is 0 Å². The Morgan fingerprint density at radius 2 is 1.95 bits per heavy atom. The number of anilines is 2. The second-order valence-corrected chi connectivity index (χ2v) is 5.02. The summed E-state index contributed by atoms with van der Waals surface area (Å²) < 4.78 is 13.7. The second kappa shape index (κ2) is 6.48. The lowest BCUT2D eigenvalue weighted by molar-refractivity contribution is 0.631. The van der Waals surface area contributed by atoms with Crippen LogP contribution in [-0.4, -0.2) is 5.11 Å². The van der Waals surface area contributed by atoms with Crippen LogP contribution in [-0.2, 0) is 6.42 Å². The Morgan fingerprint density at radius 3 is 2.65 bits per heavy atom. The van der Waals surface area contributed by atoms with E-state index in [9.17, 15) is 4.39 Å². The number of nitrogens with one attached hydrogen (secondary N) is 2. The molecule has 0 aliphatic rings. The normalized spacial score (nSPS) is 10.2. The highest BCUT2D eigenvalue weighted by Crippen LogP contribution is 2.16. The van der Waals surface area contributed by atoms with Crippen LogP contribution in [0, 0.1) is 12.7 Å². The molecule has 0 atom stereocenters. The number of halogens is 1. The van der Waals surface area contributed by atoms with Gasteiger partial charge in [-0.3, -0.25) is 0 Å². The number of rotatable bonds is 3. The van der Waals surface area contributed by atoms with Crippen molar-refractivity contribution in [3.8, 4) is 0 Å². The molecular formula is C16H17FN2S. The minimum Gasteiger partial charge on any atom is -0.332 e. The van der Waals surface area contributed by atoms with E-state index in [0.717, 1.165) is 17.7 Å². The van der Waals surface area contributed by atoms with E-state index in [1.807, 2.05) is 31.2 Å². The minimum atomic E-state index is -0.309. The molecule has 0 fully saturated rings. The molecule has 2 nitrogen and oxygen atoms in total. The van der Waals surface area contributed by atoms with E-state index in [0.29, 0.717) is 10.8 Å². The molecule has 2 N–H and O–H groups in total. The quantitative estimate of drug-likeness (QED) is 0.813. The zero-order valence-corrected chi connectivity index (χ0v) is 12.4. The molecule has 20 heavy (non-hydrogen) atoms. The van der Waals surface area contributed by atoms with E-state index in [-0.39, 0.29) is 5.82 Å². The van der Waals surface area contributed by atoms with E-state index in [1.54, 1.807) is 6.07 Å². The number of benzene rings is 2. The molecule has 4 heteroatoms.